The fraction of sp³-hybridized carbons (Fsp3) is 0.250. The van der Waals surface area contributed by atoms with Crippen molar-refractivity contribution in [3.8, 4) is 0 Å². The van der Waals surface area contributed by atoms with Crippen LogP contribution in [-0.2, 0) is 10.8 Å². The Morgan fingerprint density at radius 1 is 1.00 bits per heavy atom. The Kier molecular flexibility index (Phi) is 4.13. The van der Waals surface area contributed by atoms with Gasteiger partial charge in [-0.1, -0.05) is 36.0 Å². The standard InChI is InChI=1S/C16H17NOS2/c1-20(18)12-6-11-17-13-7-2-4-9-15(13)19-16-10-5-3-8-14(16)17/h2-5,7-10H,6,11-12H2,1H3. The third-order valence-corrected chi connectivity index (χ3v) is 5.34. The summed E-state index contributed by atoms with van der Waals surface area (Å²) in [5.41, 5.74) is 2.52. The lowest BCUT2D eigenvalue weighted by molar-refractivity contribution is 0.684. The van der Waals surface area contributed by atoms with Gasteiger partial charge in [-0.05, 0) is 30.7 Å². The van der Waals surface area contributed by atoms with Gasteiger partial charge in [0.25, 0.3) is 0 Å². The molecular weight excluding hydrogens is 286 g/mol. The van der Waals surface area contributed by atoms with Gasteiger partial charge in [0.1, 0.15) is 0 Å². The normalized spacial score (nSPS) is 14.6. The predicted molar refractivity (Wildman–Crippen MR) is 87.6 cm³/mol. The third kappa shape index (κ3) is 2.76. The number of benzene rings is 2. The van der Waals surface area contributed by atoms with Crippen LogP contribution >= 0.6 is 11.8 Å². The molecule has 104 valence electrons. The van der Waals surface area contributed by atoms with E-state index in [1.807, 2.05) is 11.8 Å². The second-order valence-electron chi connectivity index (χ2n) is 4.82. The first-order chi connectivity index (χ1) is 9.75. The lowest BCUT2D eigenvalue weighted by Gasteiger charge is -2.32. The highest BCUT2D eigenvalue weighted by Gasteiger charge is 2.22. The molecule has 2 nitrogen and oxygen atoms in total. The van der Waals surface area contributed by atoms with Gasteiger partial charge >= 0.3 is 0 Å². The first kappa shape index (κ1) is 13.7. The molecule has 0 aliphatic carbocycles. The molecule has 4 heteroatoms. The topological polar surface area (TPSA) is 20.3 Å². The van der Waals surface area contributed by atoms with E-state index in [0.717, 1.165) is 18.7 Å². The molecule has 0 aromatic heterocycles. The van der Waals surface area contributed by atoms with Gasteiger partial charge in [-0.3, -0.25) is 4.21 Å². The molecule has 0 saturated carbocycles. The Morgan fingerprint density at radius 2 is 1.55 bits per heavy atom. The molecule has 20 heavy (non-hydrogen) atoms. The second-order valence-corrected chi connectivity index (χ2v) is 7.46. The van der Waals surface area contributed by atoms with E-state index in [1.54, 1.807) is 6.26 Å². The molecule has 1 aliphatic heterocycles. The van der Waals surface area contributed by atoms with Crippen molar-refractivity contribution < 1.29 is 4.21 Å². The minimum atomic E-state index is -0.717. The summed E-state index contributed by atoms with van der Waals surface area (Å²) in [4.78, 5) is 4.95. The average molecular weight is 303 g/mol. The number of hydrogen-bond acceptors (Lipinski definition) is 3. The van der Waals surface area contributed by atoms with E-state index >= 15 is 0 Å². The van der Waals surface area contributed by atoms with Crippen molar-refractivity contribution in [3.63, 3.8) is 0 Å². The lowest BCUT2D eigenvalue weighted by atomic mass is 10.2. The maximum atomic E-state index is 11.3. The van der Waals surface area contributed by atoms with Crippen molar-refractivity contribution >= 4 is 33.9 Å². The summed E-state index contributed by atoms with van der Waals surface area (Å²) in [6.45, 7) is 0.911. The molecule has 0 bridgehead atoms. The van der Waals surface area contributed by atoms with Gasteiger partial charge in [0.15, 0.2) is 0 Å². The minimum absolute atomic E-state index is 0.717. The predicted octanol–water partition coefficient (Wildman–Crippen LogP) is 4.06. The smallest absolute Gasteiger partial charge is 0.0552 e. The molecule has 0 N–H and O–H groups in total. The Balaban J connectivity index is 1.93. The summed E-state index contributed by atoms with van der Waals surface area (Å²) in [7, 11) is -0.717. The van der Waals surface area contributed by atoms with Gasteiger partial charge in [-0.2, -0.15) is 0 Å². The van der Waals surface area contributed by atoms with Crippen LogP contribution in [0.3, 0.4) is 0 Å². The fourth-order valence-corrected chi connectivity index (χ4v) is 4.08. The molecule has 3 rings (SSSR count). The summed E-state index contributed by atoms with van der Waals surface area (Å²) >= 11 is 1.82. The van der Waals surface area contributed by atoms with Gasteiger partial charge in [0.05, 0.1) is 11.4 Å². The fourth-order valence-electron chi connectivity index (χ4n) is 2.45. The van der Waals surface area contributed by atoms with E-state index < -0.39 is 10.8 Å². The first-order valence-corrected chi connectivity index (χ1v) is 9.23. The van der Waals surface area contributed by atoms with Crippen molar-refractivity contribution in [1.29, 1.82) is 0 Å². The van der Waals surface area contributed by atoms with Crippen molar-refractivity contribution in [1.82, 2.24) is 0 Å². The largest absolute Gasteiger partial charge is 0.340 e. The molecule has 0 amide bonds. The Morgan fingerprint density at radius 3 is 2.10 bits per heavy atom. The second kappa shape index (κ2) is 6.02. The Labute approximate surface area is 126 Å². The van der Waals surface area contributed by atoms with Crippen molar-refractivity contribution in [2.24, 2.45) is 0 Å². The van der Waals surface area contributed by atoms with Gasteiger partial charge in [0, 0.05) is 39.1 Å². The molecule has 2 aromatic rings. The third-order valence-electron chi connectivity index (χ3n) is 3.35. The summed E-state index contributed by atoms with van der Waals surface area (Å²) in [5.74, 6) is 0.758. The van der Waals surface area contributed by atoms with Gasteiger partial charge in [-0.25, -0.2) is 0 Å². The summed E-state index contributed by atoms with van der Waals surface area (Å²) < 4.78 is 11.3. The number of hydrogen-bond donors (Lipinski definition) is 0. The van der Waals surface area contributed by atoms with E-state index in [-0.39, 0.29) is 0 Å². The molecular formula is C16H17NOS2. The molecule has 0 radical (unpaired) electrons. The number of nitrogens with zero attached hydrogens (tertiary/aromatic N) is 1. The minimum Gasteiger partial charge on any atom is -0.340 e. The highest BCUT2D eigenvalue weighted by molar-refractivity contribution is 7.99. The summed E-state index contributed by atoms with van der Waals surface area (Å²) in [6, 6.07) is 17.0. The van der Waals surface area contributed by atoms with Crippen LogP contribution in [0.1, 0.15) is 6.42 Å². The zero-order valence-corrected chi connectivity index (χ0v) is 13.0. The zero-order chi connectivity index (χ0) is 13.9. The SMILES string of the molecule is CS(=O)CCCN1c2ccccc2Sc2ccccc21. The molecule has 1 aliphatic rings. The quantitative estimate of drug-likeness (QED) is 0.849. The van der Waals surface area contributed by atoms with Crippen molar-refractivity contribution in [3.05, 3.63) is 48.5 Å². The lowest BCUT2D eigenvalue weighted by Crippen LogP contribution is -2.23. The highest BCUT2D eigenvalue weighted by Crippen LogP contribution is 2.47. The number of rotatable bonds is 4. The number of fused-ring (bicyclic) bond motifs is 2. The maximum Gasteiger partial charge on any atom is 0.0552 e. The van der Waals surface area contributed by atoms with Gasteiger partial charge in [0.2, 0.25) is 0 Å². The van der Waals surface area contributed by atoms with E-state index in [9.17, 15) is 4.21 Å². The molecule has 0 fully saturated rings. The van der Waals surface area contributed by atoms with Crippen LogP contribution in [0.25, 0.3) is 0 Å². The van der Waals surface area contributed by atoms with Crippen LogP contribution in [0, 0.1) is 0 Å². The van der Waals surface area contributed by atoms with Crippen LogP contribution in [0.2, 0.25) is 0 Å². The van der Waals surface area contributed by atoms with Crippen LogP contribution in [0.4, 0.5) is 11.4 Å². The maximum absolute atomic E-state index is 11.3. The monoisotopic (exact) mass is 303 g/mol. The van der Waals surface area contributed by atoms with Crippen LogP contribution < -0.4 is 4.90 Å². The van der Waals surface area contributed by atoms with E-state index in [4.69, 9.17) is 0 Å². The summed E-state index contributed by atoms with van der Waals surface area (Å²) in [5, 5.41) is 0. The Hall–Kier alpha value is -1.26. The molecule has 1 heterocycles. The summed E-state index contributed by atoms with van der Waals surface area (Å²) in [6.07, 6.45) is 2.71. The molecule has 0 saturated heterocycles. The zero-order valence-electron chi connectivity index (χ0n) is 11.4. The van der Waals surface area contributed by atoms with Crippen LogP contribution in [-0.4, -0.2) is 22.8 Å². The van der Waals surface area contributed by atoms with Gasteiger partial charge in [-0.15, -0.1) is 0 Å². The van der Waals surface area contributed by atoms with E-state index in [1.165, 1.54) is 21.2 Å². The average Bonchev–Trinajstić information content (AvgIpc) is 2.46. The molecule has 1 unspecified atom stereocenters. The Bertz CT molecular complexity index is 596. The number of para-hydroxylation sites is 2. The highest BCUT2D eigenvalue weighted by atomic mass is 32.2. The molecule has 1 atom stereocenters. The molecule has 2 aromatic carbocycles. The van der Waals surface area contributed by atoms with E-state index in [2.05, 4.69) is 53.4 Å². The van der Waals surface area contributed by atoms with Crippen LogP contribution in [0.15, 0.2) is 58.3 Å². The van der Waals surface area contributed by atoms with Crippen molar-refractivity contribution in [2.75, 3.05) is 23.5 Å². The van der Waals surface area contributed by atoms with E-state index in [0.29, 0.717) is 0 Å². The van der Waals surface area contributed by atoms with Crippen LogP contribution in [0.5, 0.6) is 0 Å². The number of anilines is 2. The molecule has 0 spiro atoms. The van der Waals surface area contributed by atoms with Gasteiger partial charge < -0.3 is 4.90 Å². The van der Waals surface area contributed by atoms with Crippen molar-refractivity contribution in [2.45, 2.75) is 16.2 Å². The first-order valence-electron chi connectivity index (χ1n) is 6.69.